The molecule has 0 amide bonds. The van der Waals surface area contributed by atoms with Crippen molar-refractivity contribution < 1.29 is 15.3 Å². The van der Waals surface area contributed by atoms with E-state index in [1.165, 1.54) is 12.1 Å². The number of aliphatic hydroxyl groups excluding tert-OH is 2. The highest BCUT2D eigenvalue weighted by atomic mass is 35.5. The lowest BCUT2D eigenvalue weighted by Gasteiger charge is -2.19. The second kappa shape index (κ2) is 6.68. The first-order chi connectivity index (χ1) is 8.47. The SMILES string of the molecule is [N-]=[N+]=NCCC(O)C(O)c1cc(Cl)c(O)cc1Cl. The molecule has 0 aliphatic heterocycles. The number of halogens is 2. The van der Waals surface area contributed by atoms with Gasteiger partial charge in [-0.05, 0) is 18.0 Å². The van der Waals surface area contributed by atoms with Gasteiger partial charge in [-0.1, -0.05) is 28.3 Å². The standard InChI is InChI=1S/C10H11Cl2N3O3/c11-6-4-9(17)7(12)3-5(6)10(18)8(16)1-2-14-15-13/h3-4,8,10,16-18H,1-2H2. The van der Waals surface area contributed by atoms with Crippen LogP contribution >= 0.6 is 23.2 Å². The summed E-state index contributed by atoms with van der Waals surface area (Å²) in [6.45, 7) is 0.0537. The lowest BCUT2D eigenvalue weighted by molar-refractivity contribution is 0.0151. The Labute approximate surface area is 113 Å². The van der Waals surface area contributed by atoms with Gasteiger partial charge in [-0.15, -0.1) is 0 Å². The van der Waals surface area contributed by atoms with Gasteiger partial charge < -0.3 is 15.3 Å². The van der Waals surface area contributed by atoms with Gasteiger partial charge in [0.15, 0.2) is 0 Å². The molecule has 2 atom stereocenters. The van der Waals surface area contributed by atoms with E-state index in [2.05, 4.69) is 10.0 Å². The Morgan fingerprint density at radius 3 is 2.56 bits per heavy atom. The average molecular weight is 292 g/mol. The zero-order chi connectivity index (χ0) is 13.7. The summed E-state index contributed by atoms with van der Waals surface area (Å²) in [6.07, 6.45) is -2.34. The van der Waals surface area contributed by atoms with E-state index < -0.39 is 12.2 Å². The summed E-state index contributed by atoms with van der Waals surface area (Å²) >= 11 is 11.5. The van der Waals surface area contributed by atoms with Crippen LogP contribution in [0.5, 0.6) is 5.75 Å². The number of aromatic hydroxyl groups is 1. The third-order valence-corrected chi connectivity index (χ3v) is 2.97. The molecule has 1 aromatic carbocycles. The van der Waals surface area contributed by atoms with Crippen molar-refractivity contribution in [3.05, 3.63) is 38.2 Å². The van der Waals surface area contributed by atoms with Crippen molar-refractivity contribution in [2.75, 3.05) is 6.54 Å². The van der Waals surface area contributed by atoms with Crippen LogP contribution in [0.15, 0.2) is 17.2 Å². The number of benzene rings is 1. The number of nitrogens with zero attached hydrogens (tertiary/aromatic N) is 3. The quantitative estimate of drug-likeness (QED) is 0.441. The molecule has 0 fully saturated rings. The summed E-state index contributed by atoms with van der Waals surface area (Å²) in [5, 5.41) is 32.2. The van der Waals surface area contributed by atoms with Gasteiger partial charge in [-0.3, -0.25) is 0 Å². The zero-order valence-corrected chi connectivity index (χ0v) is 10.7. The molecule has 0 spiro atoms. The third kappa shape index (κ3) is 3.66. The number of phenolic OH excluding ortho intramolecular Hbond substituents is 1. The fourth-order valence-electron chi connectivity index (χ4n) is 1.38. The molecule has 2 unspecified atom stereocenters. The van der Waals surface area contributed by atoms with Gasteiger partial charge in [0.05, 0.1) is 16.1 Å². The monoisotopic (exact) mass is 291 g/mol. The predicted octanol–water partition coefficient (Wildman–Crippen LogP) is 2.79. The van der Waals surface area contributed by atoms with Crippen LogP contribution in [0.2, 0.25) is 10.0 Å². The van der Waals surface area contributed by atoms with E-state index in [4.69, 9.17) is 28.7 Å². The van der Waals surface area contributed by atoms with Crippen LogP contribution in [0.3, 0.4) is 0 Å². The molecule has 1 rings (SSSR count). The molecule has 0 aliphatic rings. The van der Waals surface area contributed by atoms with Gasteiger partial charge in [0.2, 0.25) is 0 Å². The fourth-order valence-corrected chi connectivity index (χ4v) is 1.82. The van der Waals surface area contributed by atoms with Crippen LogP contribution in [0.25, 0.3) is 10.4 Å². The highest BCUT2D eigenvalue weighted by Gasteiger charge is 2.21. The Balaban J connectivity index is 2.85. The van der Waals surface area contributed by atoms with Crippen LogP contribution in [-0.4, -0.2) is 28.0 Å². The lowest BCUT2D eigenvalue weighted by atomic mass is 10.0. The lowest BCUT2D eigenvalue weighted by Crippen LogP contribution is -2.19. The molecule has 3 N–H and O–H groups in total. The Morgan fingerprint density at radius 1 is 1.28 bits per heavy atom. The van der Waals surface area contributed by atoms with Crippen LogP contribution in [0.4, 0.5) is 0 Å². The minimum absolute atomic E-state index is 0.0238. The molecule has 0 aromatic heterocycles. The van der Waals surface area contributed by atoms with Crippen molar-refractivity contribution in [3.8, 4) is 5.75 Å². The number of rotatable bonds is 5. The number of hydrogen-bond acceptors (Lipinski definition) is 4. The minimum Gasteiger partial charge on any atom is -0.506 e. The minimum atomic E-state index is -1.27. The average Bonchev–Trinajstić information content (AvgIpc) is 2.33. The van der Waals surface area contributed by atoms with E-state index in [1.54, 1.807) is 0 Å². The van der Waals surface area contributed by atoms with E-state index in [1.807, 2.05) is 0 Å². The summed E-state index contributed by atoms with van der Waals surface area (Å²) in [5.74, 6) is -0.207. The number of phenols is 1. The van der Waals surface area contributed by atoms with E-state index >= 15 is 0 Å². The molecule has 6 nitrogen and oxygen atoms in total. The van der Waals surface area contributed by atoms with Crippen molar-refractivity contribution in [2.45, 2.75) is 18.6 Å². The molecule has 0 aliphatic carbocycles. The number of azide groups is 1. The summed E-state index contributed by atoms with van der Waals surface area (Å²) in [5.41, 5.74) is 8.30. The maximum absolute atomic E-state index is 9.88. The third-order valence-electron chi connectivity index (χ3n) is 2.34. The van der Waals surface area contributed by atoms with Gasteiger partial charge >= 0.3 is 0 Å². The molecule has 8 heteroatoms. The summed E-state index contributed by atoms with van der Waals surface area (Å²) in [7, 11) is 0. The highest BCUT2D eigenvalue weighted by molar-refractivity contribution is 6.34. The molecule has 0 saturated carbocycles. The van der Waals surface area contributed by atoms with E-state index in [0.717, 1.165) is 0 Å². The molecule has 1 aromatic rings. The van der Waals surface area contributed by atoms with Gasteiger partial charge in [-0.25, -0.2) is 0 Å². The van der Waals surface area contributed by atoms with Crippen LogP contribution in [0.1, 0.15) is 18.1 Å². The highest BCUT2D eigenvalue weighted by Crippen LogP contribution is 2.34. The smallest absolute Gasteiger partial charge is 0.135 e. The Hall–Kier alpha value is -1.17. The zero-order valence-electron chi connectivity index (χ0n) is 9.16. The van der Waals surface area contributed by atoms with E-state index in [9.17, 15) is 15.3 Å². The molecule has 98 valence electrons. The van der Waals surface area contributed by atoms with Crippen molar-refractivity contribution in [1.29, 1.82) is 0 Å². The number of aliphatic hydroxyl groups is 2. The number of hydrogen-bond donors (Lipinski definition) is 3. The van der Waals surface area contributed by atoms with Gasteiger partial charge in [0.1, 0.15) is 11.9 Å². The second-order valence-corrected chi connectivity index (χ2v) is 4.39. The summed E-state index contributed by atoms with van der Waals surface area (Å²) < 4.78 is 0. The summed E-state index contributed by atoms with van der Waals surface area (Å²) in [6, 6.07) is 2.46. The van der Waals surface area contributed by atoms with Gasteiger partial charge in [-0.2, -0.15) is 0 Å². The molecule has 0 radical (unpaired) electrons. The van der Waals surface area contributed by atoms with Crippen molar-refractivity contribution in [1.82, 2.24) is 0 Å². The largest absolute Gasteiger partial charge is 0.506 e. The fraction of sp³-hybridized carbons (Fsp3) is 0.400. The first-order valence-corrected chi connectivity index (χ1v) is 5.78. The predicted molar refractivity (Wildman–Crippen MR) is 67.7 cm³/mol. The van der Waals surface area contributed by atoms with E-state index in [0.29, 0.717) is 0 Å². The maximum atomic E-state index is 9.88. The molecule has 0 heterocycles. The van der Waals surface area contributed by atoms with Crippen molar-refractivity contribution in [2.24, 2.45) is 5.11 Å². The van der Waals surface area contributed by atoms with Gasteiger partial charge in [0.25, 0.3) is 0 Å². The summed E-state index contributed by atoms with van der Waals surface area (Å²) in [4.78, 5) is 2.54. The van der Waals surface area contributed by atoms with Crippen molar-refractivity contribution in [3.63, 3.8) is 0 Å². The molecular formula is C10H11Cl2N3O3. The molecule has 0 saturated heterocycles. The second-order valence-electron chi connectivity index (χ2n) is 3.58. The van der Waals surface area contributed by atoms with Crippen LogP contribution in [-0.2, 0) is 0 Å². The topological polar surface area (TPSA) is 109 Å². The van der Waals surface area contributed by atoms with E-state index in [-0.39, 0.29) is 34.3 Å². The van der Waals surface area contributed by atoms with Crippen molar-refractivity contribution >= 4 is 23.2 Å². The van der Waals surface area contributed by atoms with Gasteiger partial charge in [0, 0.05) is 23.1 Å². The Kier molecular flexibility index (Phi) is 5.53. The normalized spacial score (nSPS) is 13.8. The van der Waals surface area contributed by atoms with Crippen LogP contribution < -0.4 is 0 Å². The Morgan fingerprint density at radius 2 is 1.94 bits per heavy atom. The first-order valence-electron chi connectivity index (χ1n) is 5.02. The maximum Gasteiger partial charge on any atom is 0.135 e. The van der Waals surface area contributed by atoms with Crippen LogP contribution in [0, 0.1) is 0 Å². The Bertz CT molecular complexity index is 478. The first kappa shape index (κ1) is 14.9. The molecular weight excluding hydrogens is 281 g/mol. The molecule has 18 heavy (non-hydrogen) atoms. The molecule has 0 bridgehead atoms.